The standard InChI is InChI=1S/C21H28N2O/c1-17-16-23(20-11-6-12-21(24)14-20)18(2)15-22(17)13-7-10-19-8-4-3-5-9-19/h3-6,8-9,11-12,14,17-18,24H,7,10,13,15-16H2,1-2H3/t17-,18+/m0/s1. The molecule has 0 amide bonds. The van der Waals surface area contributed by atoms with Gasteiger partial charge in [0.25, 0.3) is 0 Å². The van der Waals surface area contributed by atoms with E-state index in [1.165, 1.54) is 12.0 Å². The summed E-state index contributed by atoms with van der Waals surface area (Å²) >= 11 is 0. The molecular weight excluding hydrogens is 296 g/mol. The van der Waals surface area contributed by atoms with Crippen LogP contribution in [0.25, 0.3) is 0 Å². The van der Waals surface area contributed by atoms with E-state index in [-0.39, 0.29) is 0 Å². The predicted octanol–water partition coefficient (Wildman–Crippen LogP) is 3.92. The number of piperazine rings is 1. The largest absolute Gasteiger partial charge is 0.508 e. The number of nitrogens with zero attached hydrogens (tertiary/aromatic N) is 2. The maximum absolute atomic E-state index is 9.74. The minimum absolute atomic E-state index is 0.345. The summed E-state index contributed by atoms with van der Waals surface area (Å²) in [7, 11) is 0. The monoisotopic (exact) mass is 324 g/mol. The van der Waals surface area contributed by atoms with Crippen molar-refractivity contribution in [1.29, 1.82) is 0 Å². The Kier molecular flexibility index (Phi) is 5.41. The van der Waals surface area contributed by atoms with E-state index in [4.69, 9.17) is 0 Å². The molecular formula is C21H28N2O. The molecule has 1 heterocycles. The Hall–Kier alpha value is -2.00. The molecule has 2 atom stereocenters. The molecule has 0 bridgehead atoms. The van der Waals surface area contributed by atoms with E-state index in [9.17, 15) is 5.11 Å². The first-order chi connectivity index (χ1) is 11.6. The molecule has 3 nitrogen and oxygen atoms in total. The Bertz CT molecular complexity index is 643. The fourth-order valence-electron chi connectivity index (χ4n) is 3.67. The van der Waals surface area contributed by atoms with Crippen LogP contribution >= 0.6 is 0 Å². The number of aryl methyl sites for hydroxylation is 1. The summed E-state index contributed by atoms with van der Waals surface area (Å²) in [5.74, 6) is 0.345. The topological polar surface area (TPSA) is 26.7 Å². The lowest BCUT2D eigenvalue weighted by Crippen LogP contribution is -2.56. The SMILES string of the molecule is C[C@@H]1CN(CCCc2ccccc2)[C@@H](C)CN1c1cccc(O)c1. The molecule has 0 spiro atoms. The van der Waals surface area contributed by atoms with Crippen LogP contribution < -0.4 is 4.90 Å². The van der Waals surface area contributed by atoms with Gasteiger partial charge in [0.05, 0.1) is 0 Å². The Balaban J connectivity index is 1.55. The molecule has 0 aromatic heterocycles. The van der Waals surface area contributed by atoms with E-state index in [0.717, 1.165) is 31.7 Å². The van der Waals surface area contributed by atoms with Crippen LogP contribution in [0.4, 0.5) is 5.69 Å². The minimum Gasteiger partial charge on any atom is -0.508 e. The van der Waals surface area contributed by atoms with Crippen molar-refractivity contribution in [3.05, 3.63) is 60.2 Å². The summed E-state index contributed by atoms with van der Waals surface area (Å²) in [4.78, 5) is 5.02. The van der Waals surface area contributed by atoms with Crippen molar-refractivity contribution in [1.82, 2.24) is 4.90 Å². The number of aromatic hydroxyl groups is 1. The maximum Gasteiger partial charge on any atom is 0.117 e. The van der Waals surface area contributed by atoms with Gasteiger partial charge in [0.1, 0.15) is 5.75 Å². The number of hydrogen-bond acceptors (Lipinski definition) is 3. The molecule has 1 aliphatic heterocycles. The fraction of sp³-hybridized carbons (Fsp3) is 0.429. The van der Waals surface area contributed by atoms with Crippen LogP contribution in [0.1, 0.15) is 25.8 Å². The van der Waals surface area contributed by atoms with Gasteiger partial charge in [-0.25, -0.2) is 0 Å². The van der Waals surface area contributed by atoms with Crippen molar-refractivity contribution >= 4 is 5.69 Å². The molecule has 2 aromatic rings. The first-order valence-corrected chi connectivity index (χ1v) is 8.97. The zero-order chi connectivity index (χ0) is 16.9. The molecule has 1 saturated heterocycles. The zero-order valence-corrected chi connectivity index (χ0v) is 14.7. The third kappa shape index (κ3) is 4.09. The highest BCUT2D eigenvalue weighted by Crippen LogP contribution is 2.26. The summed E-state index contributed by atoms with van der Waals surface area (Å²) in [5.41, 5.74) is 2.55. The lowest BCUT2D eigenvalue weighted by Gasteiger charge is -2.45. The number of hydrogen-bond donors (Lipinski definition) is 1. The Morgan fingerprint density at radius 2 is 1.75 bits per heavy atom. The zero-order valence-electron chi connectivity index (χ0n) is 14.7. The number of phenols is 1. The summed E-state index contributed by atoms with van der Waals surface area (Å²) in [5, 5.41) is 9.74. The van der Waals surface area contributed by atoms with E-state index < -0.39 is 0 Å². The Morgan fingerprint density at radius 1 is 0.958 bits per heavy atom. The number of phenolic OH excluding ortho intramolecular Hbond substituents is 1. The Labute approximate surface area is 145 Å². The van der Waals surface area contributed by atoms with Crippen molar-refractivity contribution in [2.24, 2.45) is 0 Å². The summed E-state index contributed by atoms with van der Waals surface area (Å²) < 4.78 is 0. The molecule has 1 aliphatic rings. The maximum atomic E-state index is 9.74. The molecule has 128 valence electrons. The molecule has 1 fully saturated rings. The van der Waals surface area contributed by atoms with Gasteiger partial charge in [-0.05, 0) is 50.9 Å². The lowest BCUT2D eigenvalue weighted by atomic mass is 10.0. The van der Waals surface area contributed by atoms with Gasteiger partial charge in [-0.2, -0.15) is 0 Å². The third-order valence-electron chi connectivity index (χ3n) is 5.03. The second-order valence-corrected chi connectivity index (χ2v) is 6.95. The molecule has 0 aliphatic carbocycles. The first kappa shape index (κ1) is 16.8. The molecule has 0 unspecified atom stereocenters. The quantitative estimate of drug-likeness (QED) is 0.903. The van der Waals surface area contributed by atoms with Gasteiger partial charge >= 0.3 is 0 Å². The molecule has 24 heavy (non-hydrogen) atoms. The minimum atomic E-state index is 0.345. The average molecular weight is 324 g/mol. The van der Waals surface area contributed by atoms with Crippen LogP contribution in [0.15, 0.2) is 54.6 Å². The van der Waals surface area contributed by atoms with Gasteiger partial charge in [-0.1, -0.05) is 36.4 Å². The summed E-state index contributed by atoms with van der Waals surface area (Å²) in [6.45, 7) is 7.82. The lowest BCUT2D eigenvalue weighted by molar-refractivity contribution is 0.164. The molecule has 0 saturated carbocycles. The third-order valence-corrected chi connectivity index (χ3v) is 5.03. The van der Waals surface area contributed by atoms with E-state index in [1.807, 2.05) is 12.1 Å². The van der Waals surface area contributed by atoms with E-state index in [1.54, 1.807) is 6.07 Å². The highest BCUT2D eigenvalue weighted by atomic mass is 16.3. The van der Waals surface area contributed by atoms with Crippen molar-refractivity contribution in [2.75, 3.05) is 24.5 Å². The van der Waals surface area contributed by atoms with E-state index in [0.29, 0.717) is 17.8 Å². The van der Waals surface area contributed by atoms with Gasteiger partial charge in [0, 0.05) is 36.9 Å². The predicted molar refractivity (Wildman–Crippen MR) is 101 cm³/mol. The molecule has 3 heteroatoms. The van der Waals surface area contributed by atoms with Gasteiger partial charge in [0.2, 0.25) is 0 Å². The molecule has 1 N–H and O–H groups in total. The van der Waals surface area contributed by atoms with Crippen LogP contribution in [0.2, 0.25) is 0 Å². The molecule has 3 rings (SSSR count). The number of rotatable bonds is 5. The Morgan fingerprint density at radius 3 is 2.50 bits per heavy atom. The van der Waals surface area contributed by atoms with Gasteiger partial charge in [-0.3, -0.25) is 4.90 Å². The van der Waals surface area contributed by atoms with Gasteiger partial charge < -0.3 is 10.0 Å². The molecule has 2 aromatic carbocycles. The smallest absolute Gasteiger partial charge is 0.117 e. The van der Waals surface area contributed by atoms with E-state index >= 15 is 0 Å². The average Bonchev–Trinajstić information content (AvgIpc) is 2.58. The molecule has 0 radical (unpaired) electrons. The second-order valence-electron chi connectivity index (χ2n) is 6.95. The van der Waals surface area contributed by atoms with Gasteiger partial charge in [0.15, 0.2) is 0 Å². The van der Waals surface area contributed by atoms with Crippen molar-refractivity contribution in [3.63, 3.8) is 0 Å². The van der Waals surface area contributed by atoms with Crippen molar-refractivity contribution in [2.45, 2.75) is 38.8 Å². The number of benzene rings is 2. The van der Waals surface area contributed by atoms with Crippen molar-refractivity contribution < 1.29 is 5.11 Å². The van der Waals surface area contributed by atoms with Crippen LogP contribution in [-0.2, 0) is 6.42 Å². The first-order valence-electron chi connectivity index (χ1n) is 8.97. The second kappa shape index (κ2) is 7.71. The fourth-order valence-corrected chi connectivity index (χ4v) is 3.67. The van der Waals surface area contributed by atoms with Crippen LogP contribution in [0.5, 0.6) is 5.75 Å². The van der Waals surface area contributed by atoms with E-state index in [2.05, 4.69) is 60.0 Å². The highest BCUT2D eigenvalue weighted by molar-refractivity contribution is 5.51. The number of anilines is 1. The van der Waals surface area contributed by atoms with Crippen LogP contribution in [0, 0.1) is 0 Å². The van der Waals surface area contributed by atoms with Crippen molar-refractivity contribution in [3.8, 4) is 5.75 Å². The van der Waals surface area contributed by atoms with Crippen LogP contribution in [-0.4, -0.2) is 41.7 Å². The summed E-state index contributed by atoms with van der Waals surface area (Å²) in [6.07, 6.45) is 2.35. The normalized spacial score (nSPS) is 21.8. The highest BCUT2D eigenvalue weighted by Gasteiger charge is 2.28. The summed E-state index contributed by atoms with van der Waals surface area (Å²) in [6, 6.07) is 19.3. The van der Waals surface area contributed by atoms with Crippen LogP contribution in [0.3, 0.4) is 0 Å². The van der Waals surface area contributed by atoms with Gasteiger partial charge in [-0.15, -0.1) is 0 Å².